The van der Waals surface area contributed by atoms with Gasteiger partial charge in [0.25, 0.3) is 0 Å². The number of furan rings is 1. The molecule has 0 unspecified atom stereocenters. The third-order valence-electron chi connectivity index (χ3n) is 2.83. The van der Waals surface area contributed by atoms with Crippen molar-refractivity contribution in [3.8, 4) is 22.6 Å². The van der Waals surface area contributed by atoms with Crippen molar-refractivity contribution in [2.45, 2.75) is 6.92 Å². The van der Waals surface area contributed by atoms with Crippen LogP contribution >= 0.6 is 15.9 Å². The summed E-state index contributed by atoms with van der Waals surface area (Å²) in [6.45, 7) is 1.88. The molecule has 2 heterocycles. The lowest BCUT2D eigenvalue weighted by molar-refractivity contribution is 0.418. The highest BCUT2D eigenvalue weighted by molar-refractivity contribution is 9.10. The summed E-state index contributed by atoms with van der Waals surface area (Å²) in [5, 5.41) is 3.84. The average molecular weight is 319 g/mol. The number of aromatic nitrogens is 1. The topological polar surface area (TPSA) is 65.2 Å². The van der Waals surface area contributed by atoms with E-state index in [1.54, 1.807) is 0 Å². The van der Waals surface area contributed by atoms with Gasteiger partial charge in [0.1, 0.15) is 5.76 Å². The van der Waals surface area contributed by atoms with Crippen molar-refractivity contribution < 1.29 is 8.94 Å². The Morgan fingerprint density at radius 3 is 2.63 bits per heavy atom. The minimum atomic E-state index is 0.343. The summed E-state index contributed by atoms with van der Waals surface area (Å²) in [4.78, 5) is 0. The molecule has 0 aliphatic rings. The minimum absolute atomic E-state index is 0.343. The normalized spacial score (nSPS) is 10.8. The summed E-state index contributed by atoms with van der Waals surface area (Å²) in [6.07, 6.45) is 0. The summed E-state index contributed by atoms with van der Waals surface area (Å²) >= 11 is 3.51. The van der Waals surface area contributed by atoms with Crippen molar-refractivity contribution in [1.82, 2.24) is 5.16 Å². The van der Waals surface area contributed by atoms with E-state index >= 15 is 0 Å². The van der Waals surface area contributed by atoms with Crippen molar-refractivity contribution in [2.24, 2.45) is 0 Å². The first-order valence-electron chi connectivity index (χ1n) is 5.73. The monoisotopic (exact) mass is 318 g/mol. The number of aryl methyl sites for hydroxylation is 1. The first-order valence-corrected chi connectivity index (χ1v) is 6.53. The van der Waals surface area contributed by atoms with Crippen LogP contribution in [0.25, 0.3) is 22.6 Å². The van der Waals surface area contributed by atoms with E-state index in [-0.39, 0.29) is 0 Å². The third kappa shape index (κ3) is 2.06. The average Bonchev–Trinajstić information content (AvgIpc) is 2.96. The van der Waals surface area contributed by atoms with Crippen LogP contribution < -0.4 is 5.73 Å². The molecule has 0 amide bonds. The van der Waals surface area contributed by atoms with Crippen LogP contribution in [0.15, 0.2) is 49.8 Å². The van der Waals surface area contributed by atoms with Crippen LogP contribution in [0.3, 0.4) is 0 Å². The molecule has 3 rings (SSSR count). The van der Waals surface area contributed by atoms with E-state index in [1.807, 2.05) is 43.3 Å². The predicted octanol–water partition coefficient (Wildman–Crippen LogP) is 4.25. The van der Waals surface area contributed by atoms with Gasteiger partial charge >= 0.3 is 0 Å². The zero-order chi connectivity index (χ0) is 13.4. The molecule has 0 saturated carbocycles. The van der Waals surface area contributed by atoms with Crippen LogP contribution in [0.4, 0.5) is 5.82 Å². The number of benzene rings is 1. The second-order valence-corrected chi connectivity index (χ2v) is 5.02. The lowest BCUT2D eigenvalue weighted by atomic mass is 10.0. The highest BCUT2D eigenvalue weighted by Crippen LogP contribution is 2.40. The molecule has 0 aliphatic heterocycles. The van der Waals surface area contributed by atoms with E-state index in [0.717, 1.165) is 21.4 Å². The van der Waals surface area contributed by atoms with Gasteiger partial charge in [-0.05, 0) is 25.1 Å². The van der Waals surface area contributed by atoms with Crippen molar-refractivity contribution in [3.63, 3.8) is 0 Å². The van der Waals surface area contributed by atoms with Crippen molar-refractivity contribution in [1.29, 1.82) is 0 Å². The molecular formula is C14H11BrN2O2. The molecule has 0 atom stereocenters. The zero-order valence-electron chi connectivity index (χ0n) is 10.2. The molecule has 2 N–H and O–H groups in total. The van der Waals surface area contributed by atoms with E-state index < -0.39 is 0 Å². The van der Waals surface area contributed by atoms with Crippen LogP contribution in [0, 0.1) is 6.92 Å². The molecule has 0 bridgehead atoms. The number of hydrogen-bond acceptors (Lipinski definition) is 4. The van der Waals surface area contributed by atoms with Gasteiger partial charge in [-0.15, -0.1) is 0 Å². The summed E-state index contributed by atoms with van der Waals surface area (Å²) < 4.78 is 11.8. The molecule has 3 aromatic rings. The molecule has 0 saturated heterocycles. The molecule has 1 aromatic carbocycles. The first kappa shape index (κ1) is 12.0. The highest BCUT2D eigenvalue weighted by Gasteiger charge is 2.21. The second-order valence-electron chi connectivity index (χ2n) is 4.16. The van der Waals surface area contributed by atoms with Gasteiger partial charge in [0.05, 0.1) is 5.56 Å². The number of hydrogen-bond donors (Lipinski definition) is 1. The Morgan fingerprint density at radius 2 is 1.95 bits per heavy atom. The molecule has 19 heavy (non-hydrogen) atoms. The van der Waals surface area contributed by atoms with Crippen LogP contribution in [-0.4, -0.2) is 5.16 Å². The lowest BCUT2D eigenvalue weighted by Gasteiger charge is -2.03. The van der Waals surface area contributed by atoms with Crippen LogP contribution in [0.5, 0.6) is 0 Å². The third-order valence-corrected chi connectivity index (χ3v) is 3.52. The van der Waals surface area contributed by atoms with E-state index in [2.05, 4.69) is 21.1 Å². The Labute approximate surface area is 118 Å². The van der Waals surface area contributed by atoms with Crippen molar-refractivity contribution in [3.05, 3.63) is 46.6 Å². The Balaban J connectivity index is 2.22. The molecule has 5 heteroatoms. The zero-order valence-corrected chi connectivity index (χ0v) is 11.8. The summed E-state index contributed by atoms with van der Waals surface area (Å²) in [5.74, 6) is 2.31. The fourth-order valence-corrected chi connectivity index (χ4v) is 2.43. The van der Waals surface area contributed by atoms with Gasteiger partial charge in [0.15, 0.2) is 11.6 Å². The maximum absolute atomic E-state index is 5.92. The van der Waals surface area contributed by atoms with Gasteiger partial charge in [0, 0.05) is 10.0 Å². The molecule has 2 aromatic heterocycles. The number of rotatable bonds is 2. The fourth-order valence-electron chi connectivity index (χ4n) is 1.95. The first-order chi connectivity index (χ1) is 9.16. The minimum Gasteiger partial charge on any atom is -0.458 e. The molecule has 96 valence electrons. The molecular weight excluding hydrogens is 308 g/mol. The van der Waals surface area contributed by atoms with E-state index in [9.17, 15) is 0 Å². The summed E-state index contributed by atoms with van der Waals surface area (Å²) in [7, 11) is 0. The highest BCUT2D eigenvalue weighted by atomic mass is 79.9. The lowest BCUT2D eigenvalue weighted by Crippen LogP contribution is -1.89. The number of nitrogens with zero attached hydrogens (tertiary/aromatic N) is 1. The molecule has 0 fully saturated rings. The smallest absolute Gasteiger partial charge is 0.212 e. The van der Waals surface area contributed by atoms with Gasteiger partial charge < -0.3 is 14.7 Å². The number of nitrogen functional groups attached to an aromatic ring is 1. The molecule has 0 radical (unpaired) electrons. The van der Waals surface area contributed by atoms with E-state index in [4.69, 9.17) is 14.7 Å². The molecule has 4 nitrogen and oxygen atoms in total. The largest absolute Gasteiger partial charge is 0.458 e. The van der Waals surface area contributed by atoms with E-state index in [0.29, 0.717) is 17.3 Å². The SMILES string of the molecule is Cc1ccc(-c2onc(N)c2-c2ccccc2Br)o1. The van der Waals surface area contributed by atoms with Crippen molar-refractivity contribution in [2.75, 3.05) is 5.73 Å². The number of halogens is 1. The maximum atomic E-state index is 5.92. The Bertz CT molecular complexity index is 731. The number of anilines is 1. The number of nitrogens with two attached hydrogens (primary N) is 1. The van der Waals surface area contributed by atoms with Crippen molar-refractivity contribution >= 4 is 21.7 Å². The Kier molecular flexibility index (Phi) is 2.91. The van der Waals surface area contributed by atoms with Gasteiger partial charge in [-0.3, -0.25) is 0 Å². The Hall–Kier alpha value is -2.01. The van der Waals surface area contributed by atoms with Crippen LogP contribution in [0.2, 0.25) is 0 Å². The van der Waals surface area contributed by atoms with Gasteiger partial charge in [-0.25, -0.2) is 0 Å². The van der Waals surface area contributed by atoms with E-state index in [1.165, 1.54) is 0 Å². The summed E-state index contributed by atoms with van der Waals surface area (Å²) in [6, 6.07) is 11.5. The van der Waals surface area contributed by atoms with Gasteiger partial charge in [0.2, 0.25) is 5.76 Å². The Morgan fingerprint density at radius 1 is 1.16 bits per heavy atom. The van der Waals surface area contributed by atoms with Crippen LogP contribution in [-0.2, 0) is 0 Å². The fraction of sp³-hybridized carbons (Fsp3) is 0.0714. The maximum Gasteiger partial charge on any atom is 0.212 e. The summed E-state index contributed by atoms with van der Waals surface area (Å²) in [5.41, 5.74) is 7.58. The van der Waals surface area contributed by atoms with Crippen LogP contribution in [0.1, 0.15) is 5.76 Å². The molecule has 0 aliphatic carbocycles. The quantitative estimate of drug-likeness (QED) is 0.766. The van der Waals surface area contributed by atoms with Gasteiger partial charge in [-0.1, -0.05) is 39.3 Å². The predicted molar refractivity (Wildman–Crippen MR) is 76.5 cm³/mol. The molecule has 0 spiro atoms. The standard InChI is InChI=1S/C14H11BrN2O2/c1-8-6-7-11(18-8)13-12(14(16)17-19-13)9-4-2-3-5-10(9)15/h2-7H,1H3,(H2,16,17). The van der Waals surface area contributed by atoms with Gasteiger partial charge in [-0.2, -0.15) is 0 Å². The second kappa shape index (κ2) is 4.59.